The van der Waals surface area contributed by atoms with Gasteiger partial charge in [-0.2, -0.15) is 0 Å². The van der Waals surface area contributed by atoms with Crippen LogP contribution in [-0.4, -0.2) is 12.7 Å². The molecular formula is C13H16Cl2FN. The van der Waals surface area contributed by atoms with E-state index in [9.17, 15) is 4.39 Å². The fourth-order valence-electron chi connectivity index (χ4n) is 2.57. The van der Waals surface area contributed by atoms with Crippen LogP contribution in [0.1, 0.15) is 31.2 Å². The molecule has 1 aromatic rings. The molecule has 4 heteroatoms. The average molecular weight is 276 g/mol. The van der Waals surface area contributed by atoms with Crippen LogP contribution in [0.2, 0.25) is 10.0 Å². The van der Waals surface area contributed by atoms with Crippen molar-refractivity contribution in [1.29, 1.82) is 0 Å². The lowest BCUT2D eigenvalue weighted by atomic mass is 9.69. The number of hydrogen-bond donors (Lipinski definition) is 1. The van der Waals surface area contributed by atoms with Crippen LogP contribution in [-0.2, 0) is 5.41 Å². The van der Waals surface area contributed by atoms with Gasteiger partial charge in [0.05, 0.1) is 10.0 Å². The Morgan fingerprint density at radius 3 is 2.41 bits per heavy atom. The second-order valence-corrected chi connectivity index (χ2v) is 5.60. The standard InChI is InChI=1S/C13H16Cl2FN/c14-11-2-1-9(7-12(11)15)13(8-17)5-3-10(16)4-6-13/h1-2,7,10H,3-6,8,17H2. The molecule has 2 N–H and O–H groups in total. The van der Waals surface area contributed by atoms with E-state index < -0.39 is 6.17 Å². The van der Waals surface area contributed by atoms with Gasteiger partial charge in [0.2, 0.25) is 0 Å². The number of alkyl halides is 1. The number of rotatable bonds is 2. The van der Waals surface area contributed by atoms with Crippen LogP contribution >= 0.6 is 23.2 Å². The minimum Gasteiger partial charge on any atom is -0.330 e. The Morgan fingerprint density at radius 2 is 1.88 bits per heavy atom. The van der Waals surface area contributed by atoms with Crippen LogP contribution in [0.4, 0.5) is 4.39 Å². The number of nitrogens with two attached hydrogens (primary N) is 1. The highest BCUT2D eigenvalue weighted by Crippen LogP contribution is 2.41. The van der Waals surface area contributed by atoms with Crippen LogP contribution in [0, 0.1) is 0 Å². The van der Waals surface area contributed by atoms with E-state index in [1.54, 1.807) is 6.07 Å². The van der Waals surface area contributed by atoms with E-state index in [-0.39, 0.29) is 5.41 Å². The van der Waals surface area contributed by atoms with Gasteiger partial charge in [-0.25, -0.2) is 4.39 Å². The van der Waals surface area contributed by atoms with Crippen LogP contribution in [0.3, 0.4) is 0 Å². The molecule has 17 heavy (non-hydrogen) atoms. The van der Waals surface area contributed by atoms with Crippen LogP contribution < -0.4 is 5.73 Å². The molecule has 0 amide bonds. The van der Waals surface area contributed by atoms with Crippen molar-refractivity contribution in [3.05, 3.63) is 33.8 Å². The third-order valence-corrected chi connectivity index (χ3v) is 4.53. The normalized spacial score (nSPS) is 29.3. The highest BCUT2D eigenvalue weighted by Gasteiger charge is 2.36. The second kappa shape index (κ2) is 5.13. The Labute approximate surface area is 111 Å². The molecule has 0 spiro atoms. The lowest BCUT2D eigenvalue weighted by Crippen LogP contribution is -2.39. The van der Waals surface area contributed by atoms with Gasteiger partial charge in [0.25, 0.3) is 0 Å². The lowest BCUT2D eigenvalue weighted by molar-refractivity contribution is 0.184. The van der Waals surface area contributed by atoms with E-state index in [1.807, 2.05) is 12.1 Å². The summed E-state index contributed by atoms with van der Waals surface area (Å²) < 4.78 is 13.2. The van der Waals surface area contributed by atoms with Crippen LogP contribution in [0.5, 0.6) is 0 Å². The third kappa shape index (κ3) is 2.59. The summed E-state index contributed by atoms with van der Waals surface area (Å²) in [5, 5.41) is 1.08. The zero-order valence-corrected chi connectivity index (χ0v) is 11.1. The molecule has 0 heterocycles. The Bertz CT molecular complexity index is 400. The lowest BCUT2D eigenvalue weighted by Gasteiger charge is -2.38. The summed E-state index contributed by atoms with van der Waals surface area (Å²) in [5.41, 5.74) is 6.86. The molecule has 1 aromatic carbocycles. The molecule has 1 nitrogen and oxygen atoms in total. The SMILES string of the molecule is NCC1(c2ccc(Cl)c(Cl)c2)CCC(F)CC1. The first-order valence-electron chi connectivity index (χ1n) is 5.87. The summed E-state index contributed by atoms with van der Waals surface area (Å²) in [5.74, 6) is 0. The summed E-state index contributed by atoms with van der Waals surface area (Å²) in [7, 11) is 0. The zero-order chi connectivity index (χ0) is 12.5. The van der Waals surface area contributed by atoms with Crippen molar-refractivity contribution in [3.8, 4) is 0 Å². The van der Waals surface area contributed by atoms with Crippen molar-refractivity contribution in [3.63, 3.8) is 0 Å². The molecule has 94 valence electrons. The molecule has 1 saturated carbocycles. The fraction of sp³-hybridized carbons (Fsp3) is 0.538. The smallest absolute Gasteiger partial charge is 0.100 e. The van der Waals surface area contributed by atoms with Gasteiger partial charge >= 0.3 is 0 Å². The van der Waals surface area contributed by atoms with Crippen molar-refractivity contribution < 1.29 is 4.39 Å². The zero-order valence-electron chi connectivity index (χ0n) is 9.56. The average Bonchev–Trinajstić information content (AvgIpc) is 2.34. The molecule has 1 aliphatic carbocycles. The first-order valence-corrected chi connectivity index (χ1v) is 6.63. The quantitative estimate of drug-likeness (QED) is 0.864. The van der Waals surface area contributed by atoms with Gasteiger partial charge in [-0.15, -0.1) is 0 Å². The molecule has 0 unspecified atom stereocenters. The van der Waals surface area contributed by atoms with Gasteiger partial charge in [-0.05, 0) is 43.4 Å². The summed E-state index contributed by atoms with van der Waals surface area (Å²) in [6.45, 7) is 0.525. The Morgan fingerprint density at radius 1 is 1.24 bits per heavy atom. The van der Waals surface area contributed by atoms with Crippen molar-refractivity contribution in [2.75, 3.05) is 6.54 Å². The highest BCUT2D eigenvalue weighted by atomic mass is 35.5. The van der Waals surface area contributed by atoms with E-state index >= 15 is 0 Å². The number of benzene rings is 1. The maximum Gasteiger partial charge on any atom is 0.100 e. The van der Waals surface area contributed by atoms with Crippen LogP contribution in [0.15, 0.2) is 18.2 Å². The Balaban J connectivity index is 2.31. The molecule has 0 aromatic heterocycles. The molecule has 0 atom stereocenters. The molecule has 0 bridgehead atoms. The second-order valence-electron chi connectivity index (χ2n) is 4.79. The molecule has 0 aliphatic heterocycles. The summed E-state index contributed by atoms with van der Waals surface area (Å²) in [6, 6.07) is 5.62. The maximum absolute atomic E-state index is 13.2. The summed E-state index contributed by atoms with van der Waals surface area (Å²) >= 11 is 11.9. The largest absolute Gasteiger partial charge is 0.330 e. The van der Waals surface area contributed by atoms with Gasteiger partial charge in [-0.3, -0.25) is 0 Å². The Kier molecular flexibility index (Phi) is 3.96. The van der Waals surface area contributed by atoms with E-state index in [0.29, 0.717) is 29.4 Å². The monoisotopic (exact) mass is 275 g/mol. The first kappa shape index (κ1) is 13.1. The molecule has 2 rings (SSSR count). The van der Waals surface area contributed by atoms with E-state index in [2.05, 4.69) is 0 Å². The van der Waals surface area contributed by atoms with Gasteiger partial charge < -0.3 is 5.73 Å². The topological polar surface area (TPSA) is 26.0 Å². The van der Waals surface area contributed by atoms with E-state index in [0.717, 1.165) is 18.4 Å². The predicted octanol–water partition coefficient (Wildman–Crippen LogP) is 4.10. The fourth-order valence-corrected chi connectivity index (χ4v) is 2.87. The summed E-state index contributed by atoms with van der Waals surface area (Å²) in [6.07, 6.45) is 2.04. The maximum atomic E-state index is 13.2. The summed E-state index contributed by atoms with van der Waals surface area (Å²) in [4.78, 5) is 0. The van der Waals surface area contributed by atoms with Gasteiger partial charge in [-0.1, -0.05) is 29.3 Å². The van der Waals surface area contributed by atoms with Crippen LogP contribution in [0.25, 0.3) is 0 Å². The first-order chi connectivity index (χ1) is 8.07. The van der Waals surface area contributed by atoms with E-state index in [4.69, 9.17) is 28.9 Å². The molecule has 0 radical (unpaired) electrons. The van der Waals surface area contributed by atoms with Crippen molar-refractivity contribution >= 4 is 23.2 Å². The Hall–Kier alpha value is -0.310. The van der Waals surface area contributed by atoms with Gasteiger partial charge in [0.1, 0.15) is 6.17 Å². The van der Waals surface area contributed by atoms with Gasteiger partial charge in [0, 0.05) is 12.0 Å². The molecule has 1 aliphatic rings. The van der Waals surface area contributed by atoms with Gasteiger partial charge in [0.15, 0.2) is 0 Å². The predicted molar refractivity (Wildman–Crippen MR) is 70.6 cm³/mol. The molecule has 0 saturated heterocycles. The minimum absolute atomic E-state index is 0.128. The highest BCUT2D eigenvalue weighted by molar-refractivity contribution is 6.42. The molecular weight excluding hydrogens is 260 g/mol. The minimum atomic E-state index is -0.683. The molecule has 1 fully saturated rings. The number of halogens is 3. The van der Waals surface area contributed by atoms with E-state index in [1.165, 1.54) is 0 Å². The van der Waals surface area contributed by atoms with Crippen molar-refractivity contribution in [2.24, 2.45) is 5.73 Å². The van der Waals surface area contributed by atoms with Crippen molar-refractivity contribution in [1.82, 2.24) is 0 Å². The number of hydrogen-bond acceptors (Lipinski definition) is 1. The third-order valence-electron chi connectivity index (χ3n) is 3.79. The van der Waals surface area contributed by atoms with Crippen molar-refractivity contribution in [2.45, 2.75) is 37.3 Å².